The van der Waals surface area contributed by atoms with Crippen molar-refractivity contribution in [2.75, 3.05) is 13.2 Å². The number of nitrogens with two attached hydrogens (primary N) is 1. The van der Waals surface area contributed by atoms with Crippen molar-refractivity contribution >= 4 is 11.8 Å². The minimum atomic E-state index is -0.0637. The lowest BCUT2D eigenvalue weighted by Crippen LogP contribution is -2.42. The number of hydrogen-bond acceptors (Lipinski definition) is 5. The fourth-order valence-corrected chi connectivity index (χ4v) is 1.60. The molecule has 0 saturated carbocycles. The Kier molecular flexibility index (Phi) is 2.25. The molecule has 0 fully saturated rings. The summed E-state index contributed by atoms with van der Waals surface area (Å²) in [6.07, 6.45) is 2.77. The number of aliphatic imine (C=N–C) groups is 2. The van der Waals surface area contributed by atoms with Gasteiger partial charge in [0.2, 0.25) is 5.96 Å². The van der Waals surface area contributed by atoms with E-state index in [0.29, 0.717) is 12.5 Å². The molecule has 1 unspecified atom stereocenters. The summed E-state index contributed by atoms with van der Waals surface area (Å²) >= 11 is 0. The van der Waals surface area contributed by atoms with E-state index < -0.39 is 0 Å². The van der Waals surface area contributed by atoms with Crippen molar-refractivity contribution in [3.8, 4) is 0 Å². The third kappa shape index (κ3) is 1.39. The highest BCUT2D eigenvalue weighted by molar-refractivity contribution is 6.08. The van der Waals surface area contributed by atoms with Crippen LogP contribution in [0.15, 0.2) is 21.8 Å². The van der Waals surface area contributed by atoms with Crippen LogP contribution in [0.1, 0.15) is 13.3 Å². The maximum Gasteiger partial charge on any atom is 0.201 e. The molecule has 2 heterocycles. The van der Waals surface area contributed by atoms with Crippen LogP contribution < -0.4 is 5.73 Å². The number of rotatable bonds is 2. The summed E-state index contributed by atoms with van der Waals surface area (Å²) in [5, 5.41) is 8.99. The lowest BCUT2D eigenvalue weighted by molar-refractivity contribution is 0.265. The van der Waals surface area contributed by atoms with Gasteiger partial charge in [-0.05, 0) is 6.42 Å². The van der Waals surface area contributed by atoms with E-state index in [1.165, 1.54) is 0 Å². The largest absolute Gasteiger partial charge is 0.394 e. The fourth-order valence-electron chi connectivity index (χ4n) is 1.60. The molecule has 2 rings (SSSR count). The van der Waals surface area contributed by atoms with Crippen molar-refractivity contribution in [3.05, 3.63) is 11.8 Å². The standard InChI is InChI=1S/C9H14N4O/c1-2-6-3-8-11-7(5-14)4-13(8)9(10)12-6/h3,7,14H,2,4-5H2,1H3,(H2,10,12). The highest BCUT2D eigenvalue weighted by atomic mass is 16.3. The Morgan fingerprint density at radius 2 is 2.50 bits per heavy atom. The highest BCUT2D eigenvalue weighted by Gasteiger charge is 2.28. The molecule has 0 aromatic rings. The molecule has 0 saturated heterocycles. The van der Waals surface area contributed by atoms with Crippen LogP contribution in [0.25, 0.3) is 0 Å². The molecular weight excluding hydrogens is 180 g/mol. The zero-order chi connectivity index (χ0) is 10.1. The molecule has 2 aliphatic rings. The highest BCUT2D eigenvalue weighted by Crippen LogP contribution is 2.17. The summed E-state index contributed by atoms with van der Waals surface area (Å²) < 4.78 is 0. The van der Waals surface area contributed by atoms with Gasteiger partial charge in [-0.3, -0.25) is 9.89 Å². The lowest BCUT2D eigenvalue weighted by atomic mass is 10.2. The Morgan fingerprint density at radius 1 is 1.71 bits per heavy atom. The number of amidine groups is 1. The van der Waals surface area contributed by atoms with E-state index in [2.05, 4.69) is 9.98 Å². The van der Waals surface area contributed by atoms with E-state index in [0.717, 1.165) is 18.0 Å². The summed E-state index contributed by atoms with van der Waals surface area (Å²) in [5.41, 5.74) is 6.72. The summed E-state index contributed by atoms with van der Waals surface area (Å²) in [4.78, 5) is 10.4. The second kappa shape index (κ2) is 3.42. The van der Waals surface area contributed by atoms with Gasteiger partial charge in [0.05, 0.1) is 19.2 Å². The van der Waals surface area contributed by atoms with Gasteiger partial charge in [0, 0.05) is 11.8 Å². The Labute approximate surface area is 82.6 Å². The summed E-state index contributed by atoms with van der Waals surface area (Å²) in [6.45, 7) is 2.72. The first-order valence-electron chi connectivity index (χ1n) is 4.75. The van der Waals surface area contributed by atoms with Crippen LogP contribution in [0, 0.1) is 0 Å². The second-order valence-corrected chi connectivity index (χ2v) is 3.39. The molecule has 5 heteroatoms. The molecule has 0 aromatic carbocycles. The van der Waals surface area contributed by atoms with Crippen LogP contribution in [0.3, 0.4) is 0 Å². The molecule has 5 nitrogen and oxygen atoms in total. The second-order valence-electron chi connectivity index (χ2n) is 3.39. The molecule has 1 atom stereocenters. The SMILES string of the molecule is CCC1=CC2=NC(CO)CN2C(N)=N1. The molecule has 0 bridgehead atoms. The maximum atomic E-state index is 8.99. The quantitative estimate of drug-likeness (QED) is 0.633. The number of allylic oxidation sites excluding steroid dienone is 1. The third-order valence-electron chi connectivity index (χ3n) is 2.39. The molecule has 76 valence electrons. The Bertz CT molecular complexity index is 332. The maximum absolute atomic E-state index is 8.99. The van der Waals surface area contributed by atoms with Crippen molar-refractivity contribution < 1.29 is 5.11 Å². The van der Waals surface area contributed by atoms with Gasteiger partial charge in [0.25, 0.3) is 0 Å². The summed E-state index contributed by atoms with van der Waals surface area (Å²) in [5.74, 6) is 1.31. The number of guanidine groups is 1. The van der Waals surface area contributed by atoms with Crippen LogP contribution in [0.5, 0.6) is 0 Å². The van der Waals surface area contributed by atoms with Crippen molar-refractivity contribution in [1.29, 1.82) is 0 Å². The summed E-state index contributed by atoms with van der Waals surface area (Å²) in [7, 11) is 0. The van der Waals surface area contributed by atoms with Gasteiger partial charge in [-0.2, -0.15) is 0 Å². The fraction of sp³-hybridized carbons (Fsp3) is 0.556. The normalized spacial score (nSPS) is 25.4. The van der Waals surface area contributed by atoms with E-state index in [1.807, 2.05) is 17.9 Å². The van der Waals surface area contributed by atoms with Gasteiger partial charge in [-0.1, -0.05) is 6.92 Å². The molecule has 14 heavy (non-hydrogen) atoms. The molecular formula is C9H14N4O. The van der Waals surface area contributed by atoms with Crippen LogP contribution in [0.4, 0.5) is 0 Å². The number of nitrogens with zero attached hydrogens (tertiary/aromatic N) is 3. The smallest absolute Gasteiger partial charge is 0.201 e. The average molecular weight is 194 g/mol. The van der Waals surface area contributed by atoms with E-state index in [9.17, 15) is 0 Å². The minimum Gasteiger partial charge on any atom is -0.394 e. The van der Waals surface area contributed by atoms with Crippen molar-refractivity contribution in [1.82, 2.24) is 4.90 Å². The van der Waals surface area contributed by atoms with Crippen LogP contribution in [-0.4, -0.2) is 41.0 Å². The van der Waals surface area contributed by atoms with Gasteiger partial charge in [0.15, 0.2) is 0 Å². The zero-order valence-corrected chi connectivity index (χ0v) is 8.14. The first kappa shape index (κ1) is 9.21. The number of aliphatic hydroxyl groups excluding tert-OH is 1. The Hall–Kier alpha value is -1.36. The van der Waals surface area contributed by atoms with Gasteiger partial charge >= 0.3 is 0 Å². The molecule has 0 spiro atoms. The first-order chi connectivity index (χ1) is 6.74. The Balaban J connectivity index is 2.27. The Morgan fingerprint density at radius 3 is 3.14 bits per heavy atom. The lowest BCUT2D eigenvalue weighted by Gasteiger charge is -2.21. The predicted molar refractivity (Wildman–Crippen MR) is 55.0 cm³/mol. The zero-order valence-electron chi connectivity index (χ0n) is 8.14. The van der Waals surface area contributed by atoms with Crippen LogP contribution >= 0.6 is 0 Å². The molecule has 0 aliphatic carbocycles. The van der Waals surface area contributed by atoms with Crippen molar-refractivity contribution in [3.63, 3.8) is 0 Å². The van der Waals surface area contributed by atoms with Gasteiger partial charge in [-0.25, -0.2) is 4.99 Å². The minimum absolute atomic E-state index is 0.0581. The number of hydrogen-bond donors (Lipinski definition) is 2. The molecule has 0 amide bonds. The van der Waals surface area contributed by atoms with Gasteiger partial charge in [-0.15, -0.1) is 0 Å². The van der Waals surface area contributed by atoms with E-state index in [4.69, 9.17) is 10.8 Å². The molecule has 3 N–H and O–H groups in total. The van der Waals surface area contributed by atoms with Crippen LogP contribution in [0.2, 0.25) is 0 Å². The molecule has 0 radical (unpaired) electrons. The molecule has 2 aliphatic heterocycles. The van der Waals surface area contributed by atoms with Crippen LogP contribution in [-0.2, 0) is 0 Å². The van der Waals surface area contributed by atoms with E-state index >= 15 is 0 Å². The third-order valence-corrected chi connectivity index (χ3v) is 2.39. The van der Waals surface area contributed by atoms with Gasteiger partial charge in [0.1, 0.15) is 5.84 Å². The van der Waals surface area contributed by atoms with Crippen molar-refractivity contribution in [2.24, 2.45) is 15.7 Å². The first-order valence-corrected chi connectivity index (χ1v) is 4.75. The summed E-state index contributed by atoms with van der Waals surface area (Å²) in [6, 6.07) is -0.0637. The predicted octanol–water partition coefficient (Wildman–Crippen LogP) is -0.316. The topological polar surface area (TPSA) is 74.2 Å². The van der Waals surface area contributed by atoms with E-state index in [1.54, 1.807) is 0 Å². The number of fused-ring (bicyclic) bond motifs is 1. The van der Waals surface area contributed by atoms with Crippen molar-refractivity contribution in [2.45, 2.75) is 19.4 Å². The molecule has 0 aromatic heterocycles. The van der Waals surface area contributed by atoms with E-state index in [-0.39, 0.29) is 12.6 Å². The monoisotopic (exact) mass is 194 g/mol. The number of aliphatic hydroxyl groups is 1. The van der Waals surface area contributed by atoms with Gasteiger partial charge < -0.3 is 10.8 Å². The average Bonchev–Trinajstić information content (AvgIpc) is 2.61.